The van der Waals surface area contributed by atoms with Crippen molar-refractivity contribution in [3.63, 3.8) is 0 Å². The number of carbonyl (C=O) groups is 1. The van der Waals surface area contributed by atoms with E-state index >= 15 is 0 Å². The third kappa shape index (κ3) is 3.32. The Morgan fingerprint density at radius 3 is 2.89 bits per heavy atom. The van der Waals surface area contributed by atoms with Gasteiger partial charge in [-0.15, -0.1) is 0 Å². The summed E-state index contributed by atoms with van der Waals surface area (Å²) >= 11 is 3.34. The van der Waals surface area contributed by atoms with Crippen molar-refractivity contribution in [3.8, 4) is 0 Å². The Hall–Kier alpha value is -1.88. The minimum absolute atomic E-state index is 0.156. The summed E-state index contributed by atoms with van der Waals surface area (Å²) in [5, 5.41) is 2.83. The SMILES string of the molecule is Cc1c(N)cc(Br)cc1C(=O)NCc1ccccn1. The molecule has 1 aromatic heterocycles. The molecule has 1 heterocycles. The van der Waals surface area contributed by atoms with Crippen molar-refractivity contribution in [3.05, 3.63) is 57.8 Å². The van der Waals surface area contributed by atoms with Gasteiger partial charge in [0.2, 0.25) is 0 Å². The first-order chi connectivity index (χ1) is 9.08. The summed E-state index contributed by atoms with van der Waals surface area (Å²) in [5.41, 5.74) is 8.61. The van der Waals surface area contributed by atoms with Gasteiger partial charge in [-0.25, -0.2) is 0 Å². The summed E-state index contributed by atoms with van der Waals surface area (Å²) < 4.78 is 0.790. The standard InChI is InChI=1S/C14H14BrN3O/c1-9-12(6-10(15)7-13(9)16)14(19)18-8-11-4-2-3-5-17-11/h2-7H,8,16H2,1H3,(H,18,19). The molecule has 1 amide bonds. The first-order valence-corrected chi connectivity index (χ1v) is 6.61. The van der Waals surface area contributed by atoms with Crippen LogP contribution in [-0.2, 0) is 6.54 Å². The normalized spacial score (nSPS) is 10.2. The molecule has 0 aliphatic rings. The highest BCUT2D eigenvalue weighted by Crippen LogP contribution is 2.22. The highest BCUT2D eigenvalue weighted by Gasteiger charge is 2.12. The van der Waals surface area contributed by atoms with E-state index in [9.17, 15) is 4.79 Å². The van der Waals surface area contributed by atoms with Gasteiger partial charge in [-0.1, -0.05) is 22.0 Å². The van der Waals surface area contributed by atoms with Crippen molar-refractivity contribution >= 4 is 27.5 Å². The average Bonchev–Trinajstić information content (AvgIpc) is 2.41. The molecule has 5 heteroatoms. The lowest BCUT2D eigenvalue weighted by molar-refractivity contribution is 0.0950. The molecule has 0 aliphatic carbocycles. The van der Waals surface area contributed by atoms with Crippen LogP contribution < -0.4 is 11.1 Å². The van der Waals surface area contributed by atoms with Crippen molar-refractivity contribution < 1.29 is 4.79 Å². The summed E-state index contributed by atoms with van der Waals surface area (Å²) in [5.74, 6) is -0.156. The molecule has 0 atom stereocenters. The van der Waals surface area contributed by atoms with Gasteiger partial charge in [0, 0.05) is 21.9 Å². The van der Waals surface area contributed by atoms with E-state index in [0.717, 1.165) is 15.7 Å². The highest BCUT2D eigenvalue weighted by molar-refractivity contribution is 9.10. The minimum atomic E-state index is -0.156. The quantitative estimate of drug-likeness (QED) is 0.855. The number of hydrogen-bond acceptors (Lipinski definition) is 3. The van der Waals surface area contributed by atoms with E-state index in [4.69, 9.17) is 5.73 Å². The van der Waals surface area contributed by atoms with E-state index < -0.39 is 0 Å². The first-order valence-electron chi connectivity index (χ1n) is 5.81. The number of anilines is 1. The highest BCUT2D eigenvalue weighted by atomic mass is 79.9. The third-order valence-corrected chi connectivity index (χ3v) is 3.27. The van der Waals surface area contributed by atoms with Crippen molar-refractivity contribution in [1.29, 1.82) is 0 Å². The van der Waals surface area contributed by atoms with Gasteiger partial charge in [0.1, 0.15) is 0 Å². The number of rotatable bonds is 3. The largest absolute Gasteiger partial charge is 0.398 e. The fourth-order valence-corrected chi connectivity index (χ4v) is 2.18. The smallest absolute Gasteiger partial charge is 0.251 e. The van der Waals surface area contributed by atoms with Crippen molar-refractivity contribution in [2.45, 2.75) is 13.5 Å². The van der Waals surface area contributed by atoms with E-state index in [0.29, 0.717) is 17.8 Å². The Kier molecular flexibility index (Phi) is 4.16. The molecule has 0 saturated heterocycles. The molecule has 0 bridgehead atoms. The number of nitrogens with one attached hydrogen (secondary N) is 1. The van der Waals surface area contributed by atoms with Crippen LogP contribution in [0.25, 0.3) is 0 Å². The first kappa shape index (κ1) is 13.5. The molecule has 19 heavy (non-hydrogen) atoms. The molecule has 0 aliphatic heterocycles. The van der Waals surface area contributed by atoms with Gasteiger partial charge in [0.25, 0.3) is 5.91 Å². The van der Waals surface area contributed by atoms with Gasteiger partial charge < -0.3 is 11.1 Å². The van der Waals surface area contributed by atoms with Crippen LogP contribution in [0.15, 0.2) is 41.0 Å². The maximum absolute atomic E-state index is 12.1. The predicted octanol–water partition coefficient (Wildman–Crippen LogP) is 2.66. The van der Waals surface area contributed by atoms with Crippen LogP contribution in [0.2, 0.25) is 0 Å². The van der Waals surface area contributed by atoms with Gasteiger partial charge in [-0.2, -0.15) is 0 Å². The molecule has 98 valence electrons. The fourth-order valence-electron chi connectivity index (χ4n) is 1.70. The number of carbonyl (C=O) groups excluding carboxylic acids is 1. The predicted molar refractivity (Wildman–Crippen MR) is 78.7 cm³/mol. The third-order valence-electron chi connectivity index (χ3n) is 2.81. The minimum Gasteiger partial charge on any atom is -0.398 e. The van der Waals surface area contributed by atoms with Crippen molar-refractivity contribution in [1.82, 2.24) is 10.3 Å². The molecule has 3 N–H and O–H groups in total. The number of aromatic nitrogens is 1. The summed E-state index contributed by atoms with van der Waals surface area (Å²) in [6, 6.07) is 9.13. The summed E-state index contributed by atoms with van der Waals surface area (Å²) in [6.07, 6.45) is 1.70. The van der Waals surface area contributed by atoms with Crippen molar-refractivity contribution in [2.24, 2.45) is 0 Å². The lowest BCUT2D eigenvalue weighted by atomic mass is 10.1. The summed E-state index contributed by atoms with van der Waals surface area (Å²) in [7, 11) is 0. The van der Waals surface area contributed by atoms with Crippen LogP contribution in [0.3, 0.4) is 0 Å². The molecule has 1 aromatic carbocycles. The second-order valence-electron chi connectivity index (χ2n) is 4.17. The average molecular weight is 320 g/mol. The number of halogens is 1. The van der Waals surface area contributed by atoms with E-state index in [2.05, 4.69) is 26.2 Å². The lowest BCUT2D eigenvalue weighted by Crippen LogP contribution is -2.24. The number of amides is 1. The summed E-state index contributed by atoms with van der Waals surface area (Å²) in [4.78, 5) is 16.3. The number of nitrogen functional groups attached to an aromatic ring is 1. The second-order valence-corrected chi connectivity index (χ2v) is 5.09. The van der Waals surface area contributed by atoms with Crippen LogP contribution in [0.1, 0.15) is 21.6 Å². The molecule has 4 nitrogen and oxygen atoms in total. The molecule has 0 radical (unpaired) electrons. The topological polar surface area (TPSA) is 68.0 Å². The second kappa shape index (κ2) is 5.84. The molecule has 0 unspecified atom stereocenters. The van der Waals surface area contributed by atoms with E-state index in [1.54, 1.807) is 18.3 Å². The molecule has 0 fully saturated rings. The van der Waals surface area contributed by atoms with E-state index in [-0.39, 0.29) is 5.91 Å². The van der Waals surface area contributed by atoms with Crippen LogP contribution in [0.5, 0.6) is 0 Å². The number of benzene rings is 1. The Bertz CT molecular complexity index is 599. The van der Waals surface area contributed by atoms with Gasteiger partial charge in [0.15, 0.2) is 0 Å². The molecule has 2 rings (SSSR count). The van der Waals surface area contributed by atoms with E-state index in [1.807, 2.05) is 25.1 Å². The van der Waals surface area contributed by atoms with Gasteiger partial charge in [0.05, 0.1) is 12.2 Å². The molecular formula is C14H14BrN3O. The molecular weight excluding hydrogens is 306 g/mol. The Labute approximate surface area is 120 Å². The molecule has 0 spiro atoms. The number of hydrogen-bond donors (Lipinski definition) is 2. The van der Waals surface area contributed by atoms with Gasteiger partial charge in [-0.3, -0.25) is 9.78 Å². The molecule has 2 aromatic rings. The molecule has 0 saturated carbocycles. The van der Waals surface area contributed by atoms with Crippen LogP contribution in [0, 0.1) is 6.92 Å². The lowest BCUT2D eigenvalue weighted by Gasteiger charge is -2.10. The zero-order chi connectivity index (χ0) is 13.8. The van der Waals surface area contributed by atoms with E-state index in [1.165, 1.54) is 0 Å². The maximum Gasteiger partial charge on any atom is 0.251 e. The summed E-state index contributed by atoms with van der Waals surface area (Å²) in [6.45, 7) is 2.23. The Morgan fingerprint density at radius 1 is 1.42 bits per heavy atom. The monoisotopic (exact) mass is 319 g/mol. The number of pyridine rings is 1. The van der Waals surface area contributed by atoms with Crippen LogP contribution in [0.4, 0.5) is 5.69 Å². The van der Waals surface area contributed by atoms with Crippen LogP contribution >= 0.6 is 15.9 Å². The Balaban J connectivity index is 2.13. The number of nitrogens with zero attached hydrogens (tertiary/aromatic N) is 1. The zero-order valence-electron chi connectivity index (χ0n) is 10.5. The zero-order valence-corrected chi connectivity index (χ0v) is 12.1. The maximum atomic E-state index is 12.1. The van der Waals surface area contributed by atoms with Crippen LogP contribution in [-0.4, -0.2) is 10.9 Å². The number of nitrogens with two attached hydrogens (primary N) is 1. The van der Waals surface area contributed by atoms with Gasteiger partial charge in [-0.05, 0) is 36.8 Å². The Morgan fingerprint density at radius 2 is 2.21 bits per heavy atom. The van der Waals surface area contributed by atoms with Crippen molar-refractivity contribution in [2.75, 3.05) is 5.73 Å². The van der Waals surface area contributed by atoms with Gasteiger partial charge >= 0.3 is 0 Å². The fraction of sp³-hybridized carbons (Fsp3) is 0.143.